The van der Waals surface area contributed by atoms with Crippen molar-refractivity contribution >= 4 is 21.5 Å². The minimum Gasteiger partial charge on any atom is -0.492 e. The van der Waals surface area contributed by atoms with Crippen LogP contribution in [0.25, 0.3) is 21.5 Å². The molecule has 2 heteroatoms. The van der Waals surface area contributed by atoms with Crippen molar-refractivity contribution in [1.29, 1.82) is 0 Å². The second-order valence-electron chi connectivity index (χ2n) is 11.0. The van der Waals surface area contributed by atoms with Crippen LogP contribution in [0.1, 0.15) is 79.4 Å². The van der Waals surface area contributed by atoms with Gasteiger partial charge in [0.1, 0.15) is 11.5 Å². The van der Waals surface area contributed by atoms with E-state index in [9.17, 15) is 0 Å². The third kappa shape index (κ3) is 5.57. The van der Waals surface area contributed by atoms with Gasteiger partial charge in [-0.3, -0.25) is 0 Å². The first-order valence-corrected chi connectivity index (χ1v) is 12.4. The van der Waals surface area contributed by atoms with Crippen molar-refractivity contribution in [1.82, 2.24) is 0 Å². The summed E-state index contributed by atoms with van der Waals surface area (Å²) in [5, 5.41) is 4.65. The van der Waals surface area contributed by atoms with Gasteiger partial charge in [-0.05, 0) is 59.8 Å². The van der Waals surface area contributed by atoms with Gasteiger partial charge >= 0.3 is 0 Å². The average Bonchev–Trinajstić information content (AvgIpc) is 2.73. The lowest BCUT2D eigenvalue weighted by atomic mass is 9.85. The fraction of sp³-hybridized carbons (Fsp3) is 0.533. The number of aryl methyl sites for hydroxylation is 1. The molecule has 0 spiro atoms. The Labute approximate surface area is 195 Å². The van der Waals surface area contributed by atoms with Crippen molar-refractivity contribution in [2.45, 2.75) is 80.1 Å². The molecule has 32 heavy (non-hydrogen) atoms. The monoisotopic (exact) mass is 434 g/mol. The van der Waals surface area contributed by atoms with Gasteiger partial charge in [0.25, 0.3) is 0 Å². The molecular formula is C30H42O2. The maximum absolute atomic E-state index is 6.53. The SMILES string of the molecule is CCc1ccc2c(OCCC(C)C)c3cc(C(C)(C)C)ccc3c(OCCC(C)C)c2c1. The molecule has 3 aromatic carbocycles. The van der Waals surface area contributed by atoms with Gasteiger partial charge in [-0.15, -0.1) is 0 Å². The van der Waals surface area contributed by atoms with Crippen LogP contribution in [-0.4, -0.2) is 13.2 Å². The molecular weight excluding hydrogens is 392 g/mol. The predicted octanol–water partition coefficient (Wildman–Crippen LogP) is 8.70. The molecule has 0 aromatic heterocycles. The predicted molar refractivity (Wildman–Crippen MR) is 139 cm³/mol. The maximum atomic E-state index is 6.53. The van der Waals surface area contributed by atoms with Crippen molar-refractivity contribution in [2.75, 3.05) is 13.2 Å². The van der Waals surface area contributed by atoms with Gasteiger partial charge in [0.2, 0.25) is 0 Å². The van der Waals surface area contributed by atoms with E-state index in [1.54, 1.807) is 0 Å². The second-order valence-corrected chi connectivity index (χ2v) is 11.0. The smallest absolute Gasteiger partial charge is 0.135 e. The summed E-state index contributed by atoms with van der Waals surface area (Å²) in [5.74, 6) is 3.23. The molecule has 3 aromatic rings. The van der Waals surface area contributed by atoms with Crippen molar-refractivity contribution in [3.05, 3.63) is 47.5 Å². The molecule has 174 valence electrons. The van der Waals surface area contributed by atoms with E-state index >= 15 is 0 Å². The standard InChI is InChI=1S/C30H42O2/c1-9-22-10-12-24-26(18-22)28(31-16-14-20(2)3)25-13-11-23(30(6,7)8)19-27(25)29(24)32-17-15-21(4)5/h10-13,18-21H,9,14-17H2,1-8H3. The van der Waals surface area contributed by atoms with Gasteiger partial charge in [0.15, 0.2) is 0 Å². The largest absolute Gasteiger partial charge is 0.492 e. The van der Waals surface area contributed by atoms with Gasteiger partial charge in [-0.1, -0.05) is 79.7 Å². The van der Waals surface area contributed by atoms with Crippen molar-refractivity contribution in [3.63, 3.8) is 0 Å². The molecule has 0 saturated heterocycles. The van der Waals surface area contributed by atoms with E-state index in [-0.39, 0.29) is 5.41 Å². The molecule has 0 heterocycles. The normalized spacial score (nSPS) is 12.3. The van der Waals surface area contributed by atoms with Crippen LogP contribution in [0, 0.1) is 11.8 Å². The molecule has 0 fully saturated rings. The summed E-state index contributed by atoms with van der Waals surface area (Å²) >= 11 is 0. The number of fused-ring (bicyclic) bond motifs is 2. The Hall–Kier alpha value is -2.22. The van der Waals surface area contributed by atoms with Crippen molar-refractivity contribution < 1.29 is 9.47 Å². The minimum atomic E-state index is 0.0725. The molecule has 2 nitrogen and oxygen atoms in total. The second kappa shape index (κ2) is 10.1. The topological polar surface area (TPSA) is 18.5 Å². The van der Waals surface area contributed by atoms with E-state index in [1.165, 1.54) is 16.5 Å². The molecule has 0 aliphatic rings. The quantitative estimate of drug-likeness (QED) is 0.313. The van der Waals surface area contributed by atoms with Crippen LogP contribution < -0.4 is 9.47 Å². The average molecular weight is 435 g/mol. The van der Waals surface area contributed by atoms with E-state index < -0.39 is 0 Å². The number of rotatable bonds is 9. The summed E-state index contributed by atoms with van der Waals surface area (Å²) < 4.78 is 13.0. The van der Waals surface area contributed by atoms with Crippen LogP contribution in [-0.2, 0) is 11.8 Å². The summed E-state index contributed by atoms with van der Waals surface area (Å²) in [6, 6.07) is 13.6. The molecule has 0 bridgehead atoms. The molecule has 0 radical (unpaired) electrons. The fourth-order valence-electron chi connectivity index (χ4n) is 3.99. The molecule has 3 rings (SSSR count). The van der Waals surface area contributed by atoms with Crippen LogP contribution in [0.15, 0.2) is 36.4 Å². The van der Waals surface area contributed by atoms with Crippen LogP contribution >= 0.6 is 0 Å². The zero-order valence-electron chi connectivity index (χ0n) is 21.5. The first kappa shape index (κ1) is 24.4. The zero-order chi connectivity index (χ0) is 23.5. The van der Waals surface area contributed by atoms with Gasteiger partial charge in [-0.25, -0.2) is 0 Å². The summed E-state index contributed by atoms with van der Waals surface area (Å²) in [6.07, 6.45) is 3.09. The Morgan fingerprint density at radius 1 is 0.688 bits per heavy atom. The summed E-state index contributed by atoms with van der Waals surface area (Å²) in [4.78, 5) is 0. The molecule has 0 aliphatic heterocycles. The van der Waals surface area contributed by atoms with Gasteiger partial charge in [0.05, 0.1) is 13.2 Å². The Balaban J connectivity index is 2.27. The van der Waals surface area contributed by atoms with Gasteiger partial charge < -0.3 is 9.47 Å². The highest BCUT2D eigenvalue weighted by Gasteiger charge is 2.20. The first-order chi connectivity index (χ1) is 15.1. The Bertz CT molecular complexity index is 1050. The lowest BCUT2D eigenvalue weighted by Gasteiger charge is -2.23. The molecule has 0 unspecified atom stereocenters. The number of hydrogen-bond acceptors (Lipinski definition) is 2. The van der Waals surface area contributed by atoms with Crippen LogP contribution in [0.3, 0.4) is 0 Å². The summed E-state index contributed by atoms with van der Waals surface area (Å²) in [7, 11) is 0. The molecule has 0 amide bonds. The summed E-state index contributed by atoms with van der Waals surface area (Å²) in [5.41, 5.74) is 2.71. The third-order valence-corrected chi connectivity index (χ3v) is 6.24. The number of benzene rings is 3. The van der Waals surface area contributed by atoms with E-state index in [0.29, 0.717) is 11.8 Å². The van der Waals surface area contributed by atoms with Gasteiger partial charge in [0, 0.05) is 21.5 Å². The third-order valence-electron chi connectivity index (χ3n) is 6.24. The van der Waals surface area contributed by atoms with E-state index in [4.69, 9.17) is 9.47 Å². The van der Waals surface area contributed by atoms with Crippen molar-refractivity contribution in [3.8, 4) is 11.5 Å². The first-order valence-electron chi connectivity index (χ1n) is 12.4. The van der Waals surface area contributed by atoms with E-state index in [0.717, 1.165) is 60.1 Å². The van der Waals surface area contributed by atoms with Crippen LogP contribution in [0.2, 0.25) is 0 Å². The number of hydrogen-bond donors (Lipinski definition) is 0. The lowest BCUT2D eigenvalue weighted by Crippen LogP contribution is -2.11. The number of ether oxygens (including phenoxy) is 2. The fourth-order valence-corrected chi connectivity index (χ4v) is 3.99. The van der Waals surface area contributed by atoms with Crippen LogP contribution in [0.5, 0.6) is 11.5 Å². The zero-order valence-corrected chi connectivity index (χ0v) is 21.5. The Morgan fingerprint density at radius 3 is 1.66 bits per heavy atom. The van der Waals surface area contributed by atoms with Crippen LogP contribution in [0.4, 0.5) is 0 Å². The van der Waals surface area contributed by atoms with Crippen molar-refractivity contribution in [2.24, 2.45) is 11.8 Å². The Kier molecular flexibility index (Phi) is 7.75. The molecule has 0 atom stereocenters. The molecule has 0 saturated carbocycles. The highest BCUT2D eigenvalue weighted by atomic mass is 16.5. The maximum Gasteiger partial charge on any atom is 0.135 e. The van der Waals surface area contributed by atoms with Gasteiger partial charge in [-0.2, -0.15) is 0 Å². The molecule has 0 N–H and O–H groups in total. The lowest BCUT2D eigenvalue weighted by molar-refractivity contribution is 0.291. The molecule has 0 aliphatic carbocycles. The highest BCUT2D eigenvalue weighted by Crippen LogP contribution is 2.44. The van der Waals surface area contributed by atoms with E-state index in [1.807, 2.05) is 0 Å². The summed E-state index contributed by atoms with van der Waals surface area (Å²) in [6.45, 7) is 19.4. The minimum absolute atomic E-state index is 0.0725. The van der Waals surface area contributed by atoms with E-state index in [2.05, 4.69) is 91.8 Å². The Morgan fingerprint density at radius 2 is 1.19 bits per heavy atom. The highest BCUT2D eigenvalue weighted by molar-refractivity contribution is 6.11.